The topological polar surface area (TPSA) is 61.4 Å². The Balaban J connectivity index is 1.44. The Morgan fingerprint density at radius 1 is 1.17 bits per heavy atom. The maximum atomic E-state index is 11.9. The van der Waals surface area contributed by atoms with Crippen LogP contribution in [0.2, 0.25) is 0 Å². The monoisotopic (exact) mass is 392 g/mol. The van der Waals surface area contributed by atoms with Gasteiger partial charge >= 0.3 is 0 Å². The Labute approximate surface area is 151 Å². The molecule has 130 valence electrons. The zero-order chi connectivity index (χ0) is 16.7. The minimum atomic E-state index is -0.456. The highest BCUT2D eigenvalue weighted by molar-refractivity contribution is 9.10. The highest BCUT2D eigenvalue weighted by Crippen LogP contribution is 2.59. The van der Waals surface area contributed by atoms with Gasteiger partial charge in [0.25, 0.3) is 5.91 Å². The molecule has 0 spiro atoms. The van der Waals surface area contributed by atoms with E-state index >= 15 is 0 Å². The number of hydrogen-bond donors (Lipinski definition) is 3. The van der Waals surface area contributed by atoms with Gasteiger partial charge in [-0.15, -0.1) is 0 Å². The Bertz CT molecular complexity index is 611. The predicted molar refractivity (Wildman–Crippen MR) is 95.7 cm³/mol. The van der Waals surface area contributed by atoms with E-state index < -0.39 is 5.91 Å². The normalized spacial score (nSPS) is 33.7. The fourth-order valence-electron chi connectivity index (χ4n) is 5.97. The number of carbonyl (C=O) groups excluding carboxylic acids is 1. The van der Waals surface area contributed by atoms with E-state index in [9.17, 15) is 4.79 Å². The molecule has 4 fully saturated rings. The van der Waals surface area contributed by atoms with Crippen LogP contribution in [0.3, 0.4) is 0 Å². The van der Waals surface area contributed by atoms with E-state index in [4.69, 9.17) is 5.21 Å². The van der Waals surface area contributed by atoms with Crippen LogP contribution in [0.25, 0.3) is 0 Å². The van der Waals surface area contributed by atoms with Gasteiger partial charge in [0, 0.05) is 23.1 Å². The lowest BCUT2D eigenvalue weighted by molar-refractivity contribution is -0.0514. The molecule has 0 unspecified atom stereocenters. The van der Waals surface area contributed by atoms with Crippen molar-refractivity contribution in [1.29, 1.82) is 0 Å². The average molecular weight is 393 g/mol. The van der Waals surface area contributed by atoms with Crippen molar-refractivity contribution in [2.75, 3.05) is 6.54 Å². The third-order valence-electron chi connectivity index (χ3n) is 6.43. The van der Waals surface area contributed by atoms with Gasteiger partial charge in [-0.05, 0) is 79.4 Å². The summed E-state index contributed by atoms with van der Waals surface area (Å²) in [6.07, 6.45) is 8.53. The van der Waals surface area contributed by atoms with Gasteiger partial charge in [0.2, 0.25) is 0 Å². The molecule has 3 N–H and O–H groups in total. The molecule has 4 aliphatic rings. The van der Waals surface area contributed by atoms with Crippen LogP contribution in [0.1, 0.15) is 54.4 Å². The first-order valence-electron chi connectivity index (χ1n) is 9.01. The SMILES string of the molecule is O=C(NO)c1cccc(Br)c1CNCC12CC3CC(CC(C3)C1)C2. The van der Waals surface area contributed by atoms with Crippen molar-refractivity contribution in [3.63, 3.8) is 0 Å². The van der Waals surface area contributed by atoms with E-state index in [0.29, 0.717) is 17.5 Å². The molecule has 4 aliphatic carbocycles. The van der Waals surface area contributed by atoms with Crippen molar-refractivity contribution in [1.82, 2.24) is 10.8 Å². The molecular formula is C19H25BrN2O2. The van der Waals surface area contributed by atoms with Crippen LogP contribution >= 0.6 is 15.9 Å². The Kier molecular flexibility index (Phi) is 4.43. The molecule has 1 amide bonds. The zero-order valence-corrected chi connectivity index (χ0v) is 15.4. The fraction of sp³-hybridized carbons (Fsp3) is 0.632. The molecular weight excluding hydrogens is 368 g/mol. The van der Waals surface area contributed by atoms with Gasteiger partial charge in [0.05, 0.1) is 0 Å². The van der Waals surface area contributed by atoms with Crippen LogP contribution in [-0.2, 0) is 6.54 Å². The summed E-state index contributed by atoms with van der Waals surface area (Å²) in [7, 11) is 0. The maximum absolute atomic E-state index is 11.9. The number of rotatable bonds is 5. The first-order chi connectivity index (χ1) is 11.6. The maximum Gasteiger partial charge on any atom is 0.275 e. The summed E-state index contributed by atoms with van der Waals surface area (Å²) in [5, 5.41) is 12.6. The molecule has 0 radical (unpaired) electrons. The quantitative estimate of drug-likeness (QED) is 0.526. The third kappa shape index (κ3) is 3.02. The second-order valence-electron chi connectivity index (χ2n) is 8.23. The fourth-order valence-corrected chi connectivity index (χ4v) is 6.48. The zero-order valence-electron chi connectivity index (χ0n) is 13.9. The molecule has 4 nitrogen and oxygen atoms in total. The van der Waals surface area contributed by atoms with Crippen LogP contribution in [0, 0.1) is 23.2 Å². The molecule has 0 saturated heterocycles. The lowest BCUT2D eigenvalue weighted by Crippen LogP contribution is -2.50. The molecule has 5 heteroatoms. The number of hydroxylamine groups is 1. The summed E-state index contributed by atoms with van der Waals surface area (Å²) >= 11 is 3.54. The lowest BCUT2D eigenvalue weighted by Gasteiger charge is -2.57. The molecule has 5 rings (SSSR count). The molecule has 4 bridgehead atoms. The number of hydrogen-bond acceptors (Lipinski definition) is 3. The Hall–Kier alpha value is -0.910. The smallest absolute Gasteiger partial charge is 0.275 e. The lowest BCUT2D eigenvalue weighted by atomic mass is 9.49. The van der Waals surface area contributed by atoms with Crippen LogP contribution in [0.4, 0.5) is 0 Å². The number of amides is 1. The van der Waals surface area contributed by atoms with Gasteiger partial charge in [-0.2, -0.15) is 0 Å². The highest BCUT2D eigenvalue weighted by atomic mass is 79.9. The van der Waals surface area contributed by atoms with Crippen molar-refractivity contribution in [3.8, 4) is 0 Å². The van der Waals surface area contributed by atoms with Crippen molar-refractivity contribution in [3.05, 3.63) is 33.8 Å². The number of benzene rings is 1. The molecule has 0 aliphatic heterocycles. The first-order valence-corrected chi connectivity index (χ1v) is 9.80. The van der Waals surface area contributed by atoms with E-state index in [2.05, 4.69) is 21.2 Å². The van der Waals surface area contributed by atoms with Crippen LogP contribution < -0.4 is 10.8 Å². The van der Waals surface area contributed by atoms with Crippen molar-refractivity contribution < 1.29 is 10.0 Å². The van der Waals surface area contributed by atoms with Crippen LogP contribution in [-0.4, -0.2) is 17.7 Å². The average Bonchev–Trinajstić information content (AvgIpc) is 2.54. The second kappa shape index (κ2) is 6.43. The largest absolute Gasteiger partial charge is 0.312 e. The van der Waals surface area contributed by atoms with E-state index in [1.807, 2.05) is 12.1 Å². The number of nitrogens with one attached hydrogen (secondary N) is 2. The van der Waals surface area contributed by atoms with Crippen molar-refractivity contribution in [2.45, 2.75) is 45.1 Å². The molecule has 0 aromatic heterocycles. The van der Waals surface area contributed by atoms with Gasteiger partial charge in [-0.1, -0.05) is 22.0 Å². The summed E-state index contributed by atoms with van der Waals surface area (Å²) < 4.78 is 0.904. The van der Waals surface area contributed by atoms with E-state index in [1.165, 1.54) is 38.5 Å². The summed E-state index contributed by atoms with van der Waals surface area (Å²) in [5.41, 5.74) is 3.66. The summed E-state index contributed by atoms with van der Waals surface area (Å²) in [6, 6.07) is 5.51. The Morgan fingerprint density at radius 2 is 1.79 bits per heavy atom. The standard InChI is InChI=1S/C19H25BrN2O2/c20-17-3-1-2-15(18(23)22-24)16(17)10-21-11-19-7-12-4-13(8-19)6-14(5-12)9-19/h1-3,12-14,21,24H,4-11H2,(H,22,23). The number of halogens is 1. The summed E-state index contributed by atoms with van der Waals surface area (Å²) in [4.78, 5) is 11.9. The first kappa shape index (κ1) is 16.6. The molecule has 0 atom stereocenters. The predicted octanol–water partition coefficient (Wildman–Crippen LogP) is 3.87. The van der Waals surface area contributed by atoms with Gasteiger partial charge < -0.3 is 5.32 Å². The molecule has 0 heterocycles. The molecule has 1 aromatic rings. The van der Waals surface area contributed by atoms with Crippen molar-refractivity contribution in [2.24, 2.45) is 23.2 Å². The Morgan fingerprint density at radius 3 is 2.38 bits per heavy atom. The van der Waals surface area contributed by atoms with Gasteiger partial charge in [0.1, 0.15) is 0 Å². The summed E-state index contributed by atoms with van der Waals surface area (Å²) in [6.45, 7) is 1.68. The molecule has 1 aromatic carbocycles. The second-order valence-corrected chi connectivity index (χ2v) is 9.08. The van der Waals surface area contributed by atoms with E-state index in [1.54, 1.807) is 11.5 Å². The number of carbonyl (C=O) groups is 1. The van der Waals surface area contributed by atoms with Crippen LogP contribution in [0.5, 0.6) is 0 Å². The minimum Gasteiger partial charge on any atom is -0.312 e. The molecule has 4 saturated carbocycles. The highest BCUT2D eigenvalue weighted by Gasteiger charge is 2.50. The minimum absolute atomic E-state index is 0.456. The molecule has 24 heavy (non-hydrogen) atoms. The van der Waals surface area contributed by atoms with E-state index in [-0.39, 0.29) is 0 Å². The van der Waals surface area contributed by atoms with Gasteiger partial charge in [-0.25, -0.2) is 5.48 Å². The van der Waals surface area contributed by atoms with Gasteiger partial charge in [-0.3, -0.25) is 10.0 Å². The van der Waals surface area contributed by atoms with Gasteiger partial charge in [0.15, 0.2) is 0 Å². The van der Waals surface area contributed by atoms with Crippen LogP contribution in [0.15, 0.2) is 22.7 Å². The van der Waals surface area contributed by atoms with Crippen molar-refractivity contribution >= 4 is 21.8 Å². The van der Waals surface area contributed by atoms with E-state index in [0.717, 1.165) is 34.3 Å². The summed E-state index contributed by atoms with van der Waals surface area (Å²) in [5.74, 6) is 2.41. The third-order valence-corrected chi connectivity index (χ3v) is 7.17.